The van der Waals surface area contributed by atoms with Crippen molar-refractivity contribution >= 4 is 11.6 Å². The van der Waals surface area contributed by atoms with Gasteiger partial charge in [-0.1, -0.05) is 24.3 Å². The lowest BCUT2D eigenvalue weighted by Gasteiger charge is -2.32. The molecule has 0 heterocycles. The fourth-order valence-electron chi connectivity index (χ4n) is 5.15. The van der Waals surface area contributed by atoms with Crippen molar-refractivity contribution in [2.75, 3.05) is 0 Å². The fourth-order valence-corrected chi connectivity index (χ4v) is 5.15. The van der Waals surface area contributed by atoms with Gasteiger partial charge in [-0.05, 0) is 42.9 Å². The molecule has 0 aliphatic heterocycles. The van der Waals surface area contributed by atoms with Crippen molar-refractivity contribution < 1.29 is 9.59 Å². The lowest BCUT2D eigenvalue weighted by molar-refractivity contribution is -0.131. The third-order valence-electron chi connectivity index (χ3n) is 6.10. The van der Waals surface area contributed by atoms with Crippen LogP contribution in [0, 0.1) is 29.1 Å². The first-order valence-corrected chi connectivity index (χ1v) is 7.86. The minimum atomic E-state index is -0.0986. The normalized spacial score (nSPS) is 38.1. The largest absolute Gasteiger partial charge is 0.294 e. The van der Waals surface area contributed by atoms with Crippen molar-refractivity contribution in [3.8, 4) is 0 Å². The molecule has 108 valence electrons. The molecule has 4 atom stereocenters. The lowest BCUT2D eigenvalue weighted by Crippen LogP contribution is -2.40. The highest BCUT2D eigenvalue weighted by molar-refractivity contribution is 6.15. The highest BCUT2D eigenvalue weighted by Crippen LogP contribution is 2.73. The lowest BCUT2D eigenvalue weighted by atomic mass is 9.68. The number of ketones is 2. The molecule has 0 aromatic carbocycles. The van der Waals surface area contributed by atoms with Gasteiger partial charge >= 0.3 is 0 Å². The van der Waals surface area contributed by atoms with Gasteiger partial charge in [-0.2, -0.15) is 0 Å². The summed E-state index contributed by atoms with van der Waals surface area (Å²) in [5, 5.41) is 0. The standard InChI is InChI=1S/C19H20O2/c1-3-5-11-12(6-4-2)18(21)16-14-8-7-13(15(16)17(11)20)19(14)9-10-19/h3-4,7-8,13-16H,1-2,5-6,9-10H2. The number of hydrogen-bond acceptors (Lipinski definition) is 2. The predicted octanol–water partition coefficient (Wildman–Crippen LogP) is 3.42. The Morgan fingerprint density at radius 3 is 1.71 bits per heavy atom. The van der Waals surface area contributed by atoms with Gasteiger partial charge in [0.1, 0.15) is 0 Å². The molecule has 0 radical (unpaired) electrons. The Hall–Kier alpha value is -1.70. The van der Waals surface area contributed by atoms with Crippen LogP contribution in [-0.4, -0.2) is 11.6 Å². The molecule has 1 spiro atoms. The monoisotopic (exact) mass is 280 g/mol. The van der Waals surface area contributed by atoms with Gasteiger partial charge in [-0.15, -0.1) is 13.2 Å². The van der Waals surface area contributed by atoms with Crippen LogP contribution in [-0.2, 0) is 9.59 Å². The summed E-state index contributed by atoms with van der Waals surface area (Å²) in [6.07, 6.45) is 11.3. The van der Waals surface area contributed by atoms with E-state index in [2.05, 4.69) is 25.3 Å². The van der Waals surface area contributed by atoms with Crippen molar-refractivity contribution in [1.82, 2.24) is 0 Å². The summed E-state index contributed by atoms with van der Waals surface area (Å²) < 4.78 is 0. The number of carbonyl (C=O) groups excluding carboxylic acids is 2. The van der Waals surface area contributed by atoms with Crippen LogP contribution in [0.15, 0.2) is 48.6 Å². The second kappa shape index (κ2) is 4.16. The summed E-state index contributed by atoms with van der Waals surface area (Å²) in [6, 6.07) is 0. The van der Waals surface area contributed by atoms with Crippen molar-refractivity contribution in [3.05, 3.63) is 48.6 Å². The van der Waals surface area contributed by atoms with Crippen molar-refractivity contribution in [2.45, 2.75) is 25.7 Å². The van der Waals surface area contributed by atoms with Gasteiger partial charge in [0.15, 0.2) is 11.6 Å². The third kappa shape index (κ3) is 1.43. The van der Waals surface area contributed by atoms with E-state index in [1.165, 1.54) is 12.8 Å². The van der Waals surface area contributed by atoms with Crippen LogP contribution < -0.4 is 0 Å². The molecule has 0 aromatic rings. The molecule has 21 heavy (non-hydrogen) atoms. The maximum absolute atomic E-state index is 13.0. The Morgan fingerprint density at radius 1 is 0.952 bits per heavy atom. The molecule has 0 aromatic heterocycles. The first-order chi connectivity index (χ1) is 10.2. The highest BCUT2D eigenvalue weighted by Gasteiger charge is 2.70. The zero-order valence-corrected chi connectivity index (χ0v) is 12.2. The summed E-state index contributed by atoms with van der Waals surface area (Å²) in [4.78, 5) is 26.0. The summed E-state index contributed by atoms with van der Waals surface area (Å²) in [5.74, 6) is 0.819. The minimum Gasteiger partial charge on any atom is -0.294 e. The molecule has 4 rings (SSSR count). The first kappa shape index (κ1) is 13.0. The zero-order valence-electron chi connectivity index (χ0n) is 12.2. The highest BCUT2D eigenvalue weighted by atomic mass is 16.1. The van der Waals surface area contributed by atoms with E-state index in [0.717, 1.165) is 0 Å². The van der Waals surface area contributed by atoms with E-state index < -0.39 is 0 Å². The van der Waals surface area contributed by atoms with E-state index in [4.69, 9.17) is 0 Å². The number of allylic oxidation sites excluding steroid dienone is 6. The van der Waals surface area contributed by atoms with Gasteiger partial charge in [0.25, 0.3) is 0 Å². The van der Waals surface area contributed by atoms with E-state index in [9.17, 15) is 9.59 Å². The molecular formula is C19H20O2. The number of hydrogen-bond donors (Lipinski definition) is 0. The minimum absolute atomic E-state index is 0.0986. The second-order valence-electron chi connectivity index (χ2n) is 6.89. The molecule has 2 saturated carbocycles. The quantitative estimate of drug-likeness (QED) is 0.739. The van der Waals surface area contributed by atoms with E-state index >= 15 is 0 Å². The molecule has 2 nitrogen and oxygen atoms in total. The summed E-state index contributed by atoms with van der Waals surface area (Å²) >= 11 is 0. The average molecular weight is 280 g/mol. The van der Waals surface area contributed by atoms with Crippen molar-refractivity contribution in [1.29, 1.82) is 0 Å². The van der Waals surface area contributed by atoms with Crippen LogP contribution in [0.4, 0.5) is 0 Å². The molecule has 0 amide bonds. The molecule has 0 N–H and O–H groups in total. The van der Waals surface area contributed by atoms with Gasteiger partial charge in [0.2, 0.25) is 0 Å². The molecule has 2 bridgehead atoms. The van der Waals surface area contributed by atoms with Gasteiger partial charge < -0.3 is 0 Å². The number of carbonyl (C=O) groups is 2. The fraction of sp³-hybridized carbons (Fsp3) is 0.474. The Balaban J connectivity index is 1.82. The predicted molar refractivity (Wildman–Crippen MR) is 81.4 cm³/mol. The average Bonchev–Trinajstić information content (AvgIpc) is 3.14. The maximum atomic E-state index is 13.0. The number of Topliss-reactive ketones (excluding diaryl/α,β-unsaturated/α-hetero) is 2. The smallest absolute Gasteiger partial charge is 0.164 e. The summed E-state index contributed by atoms with van der Waals surface area (Å²) in [5.41, 5.74) is 1.66. The van der Waals surface area contributed by atoms with Crippen LogP contribution in [0.3, 0.4) is 0 Å². The van der Waals surface area contributed by atoms with E-state index in [-0.39, 0.29) is 28.8 Å². The van der Waals surface area contributed by atoms with Crippen LogP contribution in [0.25, 0.3) is 0 Å². The van der Waals surface area contributed by atoms with Crippen molar-refractivity contribution in [2.24, 2.45) is 29.1 Å². The van der Waals surface area contributed by atoms with Gasteiger partial charge in [0, 0.05) is 23.0 Å². The molecule has 2 heteroatoms. The van der Waals surface area contributed by atoms with Crippen molar-refractivity contribution in [3.63, 3.8) is 0 Å². The summed E-state index contributed by atoms with van der Waals surface area (Å²) in [6.45, 7) is 7.49. The van der Waals surface area contributed by atoms with Gasteiger partial charge in [-0.3, -0.25) is 9.59 Å². The Bertz CT molecular complexity index is 580. The van der Waals surface area contributed by atoms with E-state index in [0.29, 0.717) is 35.8 Å². The maximum Gasteiger partial charge on any atom is 0.164 e. The van der Waals surface area contributed by atoms with Gasteiger partial charge in [0.05, 0.1) is 0 Å². The number of fused-ring (bicyclic) bond motifs is 3. The molecule has 4 unspecified atom stereocenters. The van der Waals surface area contributed by atoms with Crippen LogP contribution in [0.5, 0.6) is 0 Å². The van der Waals surface area contributed by atoms with Crippen LogP contribution in [0.1, 0.15) is 25.7 Å². The second-order valence-corrected chi connectivity index (χ2v) is 6.89. The Labute approximate surface area is 125 Å². The molecular weight excluding hydrogens is 260 g/mol. The SMILES string of the molecule is C=CCC1=C(CC=C)C(=O)C2C(C1=O)C1C=CC2C12CC2. The first-order valence-electron chi connectivity index (χ1n) is 7.86. The van der Waals surface area contributed by atoms with Crippen LogP contribution in [0.2, 0.25) is 0 Å². The zero-order chi connectivity index (χ0) is 14.8. The molecule has 0 saturated heterocycles. The van der Waals surface area contributed by atoms with E-state index in [1.54, 1.807) is 12.2 Å². The van der Waals surface area contributed by atoms with Crippen LogP contribution >= 0.6 is 0 Å². The third-order valence-corrected chi connectivity index (χ3v) is 6.10. The molecule has 4 aliphatic rings. The number of rotatable bonds is 4. The summed E-state index contributed by atoms with van der Waals surface area (Å²) in [7, 11) is 0. The topological polar surface area (TPSA) is 34.1 Å². The van der Waals surface area contributed by atoms with E-state index in [1.807, 2.05) is 0 Å². The molecule has 2 fully saturated rings. The van der Waals surface area contributed by atoms with Gasteiger partial charge in [-0.25, -0.2) is 0 Å². The molecule has 4 aliphatic carbocycles. The Morgan fingerprint density at radius 2 is 1.38 bits per heavy atom. The Kier molecular flexibility index (Phi) is 2.57.